The average Bonchev–Trinajstić information content (AvgIpc) is 2.65. The number of ether oxygens (including phenoxy) is 4. The Morgan fingerprint density at radius 2 is 1.50 bits per heavy atom. The van der Waals surface area contributed by atoms with E-state index in [0.29, 0.717) is 19.6 Å². The number of aliphatic carboxylic acids is 1. The van der Waals surface area contributed by atoms with Gasteiger partial charge in [-0.05, 0) is 12.8 Å². The Morgan fingerprint density at radius 1 is 0.929 bits per heavy atom. The van der Waals surface area contributed by atoms with E-state index in [1.807, 2.05) is 0 Å². The minimum atomic E-state index is -0.698. The number of hydrogen-bond acceptors (Lipinski definition) is 6. The van der Waals surface area contributed by atoms with Crippen LogP contribution in [0.3, 0.4) is 0 Å². The molecule has 1 N–H and O–H groups in total. The van der Waals surface area contributed by atoms with E-state index in [4.69, 9.17) is 24.1 Å². The number of carboxylic acid groups (broad SMARTS) is 1. The SMILES string of the molecule is C=COCOCC(COC(C)=O)OCCCCCCCCCCCCC(=O)O. The molecule has 0 rings (SSSR count). The van der Waals surface area contributed by atoms with E-state index in [0.717, 1.165) is 32.1 Å². The summed E-state index contributed by atoms with van der Waals surface area (Å²) >= 11 is 0. The van der Waals surface area contributed by atoms with Crippen molar-refractivity contribution in [1.82, 2.24) is 0 Å². The van der Waals surface area contributed by atoms with Crippen LogP contribution < -0.4 is 0 Å². The van der Waals surface area contributed by atoms with E-state index in [1.54, 1.807) is 0 Å². The van der Waals surface area contributed by atoms with Crippen LogP contribution in [0.15, 0.2) is 12.8 Å². The molecule has 1 unspecified atom stereocenters. The van der Waals surface area contributed by atoms with E-state index in [9.17, 15) is 9.59 Å². The molecule has 1 atom stereocenters. The number of hydrogen-bond donors (Lipinski definition) is 1. The van der Waals surface area contributed by atoms with E-state index in [2.05, 4.69) is 6.58 Å². The first kappa shape index (κ1) is 26.4. The molecule has 0 bridgehead atoms. The van der Waals surface area contributed by atoms with Gasteiger partial charge in [0.2, 0.25) is 0 Å². The molecule has 164 valence electrons. The zero-order valence-corrected chi connectivity index (χ0v) is 17.4. The molecule has 0 amide bonds. The maximum Gasteiger partial charge on any atom is 0.303 e. The van der Waals surface area contributed by atoms with Crippen molar-refractivity contribution >= 4 is 11.9 Å². The fourth-order valence-corrected chi connectivity index (χ4v) is 2.67. The highest BCUT2D eigenvalue weighted by molar-refractivity contribution is 5.66. The van der Waals surface area contributed by atoms with Crippen molar-refractivity contribution in [2.45, 2.75) is 83.7 Å². The minimum Gasteiger partial charge on any atom is -0.481 e. The minimum absolute atomic E-state index is 0.100. The fourth-order valence-electron chi connectivity index (χ4n) is 2.67. The molecule has 28 heavy (non-hydrogen) atoms. The van der Waals surface area contributed by atoms with Crippen LogP contribution >= 0.6 is 0 Å². The van der Waals surface area contributed by atoms with E-state index in [1.165, 1.54) is 45.3 Å². The molecule has 0 saturated heterocycles. The summed E-state index contributed by atoms with van der Waals surface area (Å²) in [6, 6.07) is 0. The van der Waals surface area contributed by atoms with Crippen LogP contribution in [-0.4, -0.2) is 49.8 Å². The van der Waals surface area contributed by atoms with Crippen molar-refractivity contribution in [3.05, 3.63) is 12.8 Å². The molecule has 7 heteroatoms. The summed E-state index contributed by atoms with van der Waals surface area (Å²) in [5, 5.41) is 8.57. The van der Waals surface area contributed by atoms with Crippen molar-refractivity contribution in [3.63, 3.8) is 0 Å². The van der Waals surface area contributed by atoms with Crippen LogP contribution in [0.1, 0.15) is 77.6 Å². The molecule has 0 radical (unpaired) electrons. The summed E-state index contributed by atoms with van der Waals surface area (Å²) in [6.07, 6.45) is 12.4. The first-order valence-electron chi connectivity index (χ1n) is 10.3. The van der Waals surface area contributed by atoms with Crippen LogP contribution in [0.25, 0.3) is 0 Å². The highest BCUT2D eigenvalue weighted by Gasteiger charge is 2.11. The van der Waals surface area contributed by atoms with Crippen LogP contribution in [0.2, 0.25) is 0 Å². The Morgan fingerprint density at radius 3 is 2.04 bits per heavy atom. The first-order valence-corrected chi connectivity index (χ1v) is 10.3. The molecule has 0 fully saturated rings. The van der Waals surface area contributed by atoms with Gasteiger partial charge in [-0.2, -0.15) is 0 Å². The second-order valence-electron chi connectivity index (χ2n) is 6.80. The smallest absolute Gasteiger partial charge is 0.303 e. The molecular weight excluding hydrogens is 364 g/mol. The van der Waals surface area contributed by atoms with Gasteiger partial charge in [0.25, 0.3) is 0 Å². The van der Waals surface area contributed by atoms with Crippen molar-refractivity contribution < 1.29 is 33.6 Å². The Labute approximate surface area is 169 Å². The lowest BCUT2D eigenvalue weighted by Crippen LogP contribution is -2.27. The number of unbranched alkanes of at least 4 members (excludes halogenated alkanes) is 9. The van der Waals surface area contributed by atoms with Gasteiger partial charge in [0.1, 0.15) is 12.7 Å². The van der Waals surface area contributed by atoms with Gasteiger partial charge in [0.15, 0.2) is 6.79 Å². The lowest BCUT2D eigenvalue weighted by atomic mass is 10.1. The summed E-state index contributed by atoms with van der Waals surface area (Å²) in [6.45, 7) is 5.99. The standard InChI is InChI=1S/C21H38O7/c1-3-25-18-26-16-20(17-28-19(2)22)27-15-13-11-9-7-5-4-6-8-10-12-14-21(23)24/h3,20H,1,4-18H2,2H3,(H,23,24). The Bertz CT molecular complexity index is 398. The third kappa shape index (κ3) is 20.7. The largest absolute Gasteiger partial charge is 0.481 e. The predicted molar refractivity (Wildman–Crippen MR) is 107 cm³/mol. The number of carboxylic acids is 1. The predicted octanol–water partition coefficient (Wildman–Crippen LogP) is 4.44. The van der Waals surface area contributed by atoms with Crippen LogP contribution in [-0.2, 0) is 28.5 Å². The van der Waals surface area contributed by atoms with Gasteiger partial charge in [0.05, 0.1) is 12.9 Å². The zero-order valence-electron chi connectivity index (χ0n) is 17.4. The van der Waals surface area contributed by atoms with Crippen LogP contribution in [0, 0.1) is 0 Å². The number of esters is 1. The fraction of sp³-hybridized carbons (Fsp3) is 0.810. The highest BCUT2D eigenvalue weighted by Crippen LogP contribution is 2.11. The molecular formula is C21H38O7. The molecule has 0 heterocycles. The normalized spacial score (nSPS) is 11.8. The van der Waals surface area contributed by atoms with E-state index in [-0.39, 0.29) is 25.5 Å². The molecule has 0 saturated carbocycles. The lowest BCUT2D eigenvalue weighted by molar-refractivity contribution is -0.148. The second-order valence-corrected chi connectivity index (χ2v) is 6.80. The molecule has 0 aromatic heterocycles. The molecule has 0 aromatic rings. The third-order valence-electron chi connectivity index (χ3n) is 4.18. The third-order valence-corrected chi connectivity index (χ3v) is 4.18. The summed E-state index contributed by atoms with van der Waals surface area (Å²) < 4.78 is 20.9. The maximum atomic E-state index is 10.9. The summed E-state index contributed by atoms with van der Waals surface area (Å²) in [7, 11) is 0. The Balaban J connectivity index is 3.52. The highest BCUT2D eigenvalue weighted by atomic mass is 16.7. The number of carbonyl (C=O) groups is 2. The second kappa shape index (κ2) is 20.1. The molecule has 7 nitrogen and oxygen atoms in total. The van der Waals surface area contributed by atoms with Gasteiger partial charge in [0, 0.05) is 20.0 Å². The quantitative estimate of drug-likeness (QED) is 0.131. The summed E-state index contributed by atoms with van der Waals surface area (Å²) in [4.78, 5) is 21.4. The molecule has 0 aliphatic carbocycles. The van der Waals surface area contributed by atoms with Crippen molar-refractivity contribution in [3.8, 4) is 0 Å². The number of rotatable bonds is 21. The molecule has 0 aromatic carbocycles. The topological polar surface area (TPSA) is 91.3 Å². The van der Waals surface area contributed by atoms with E-state index < -0.39 is 5.97 Å². The van der Waals surface area contributed by atoms with Crippen LogP contribution in [0.5, 0.6) is 0 Å². The van der Waals surface area contributed by atoms with Gasteiger partial charge in [-0.25, -0.2) is 0 Å². The van der Waals surface area contributed by atoms with Crippen LogP contribution in [0.4, 0.5) is 0 Å². The van der Waals surface area contributed by atoms with Gasteiger partial charge in [-0.3, -0.25) is 9.59 Å². The van der Waals surface area contributed by atoms with Gasteiger partial charge >= 0.3 is 11.9 Å². The molecule has 0 aliphatic rings. The molecule has 0 aliphatic heterocycles. The Kier molecular flexibility index (Phi) is 19.0. The summed E-state index contributed by atoms with van der Waals surface area (Å²) in [5.74, 6) is -1.03. The maximum absolute atomic E-state index is 10.9. The Hall–Kier alpha value is -1.60. The van der Waals surface area contributed by atoms with Crippen molar-refractivity contribution in [1.29, 1.82) is 0 Å². The van der Waals surface area contributed by atoms with E-state index >= 15 is 0 Å². The first-order chi connectivity index (χ1) is 13.6. The summed E-state index contributed by atoms with van der Waals surface area (Å²) in [5.41, 5.74) is 0. The van der Waals surface area contributed by atoms with Gasteiger partial charge < -0.3 is 24.1 Å². The van der Waals surface area contributed by atoms with Gasteiger partial charge in [-0.15, -0.1) is 0 Å². The monoisotopic (exact) mass is 402 g/mol. The number of carbonyl (C=O) groups excluding carboxylic acids is 1. The zero-order chi connectivity index (χ0) is 20.9. The average molecular weight is 403 g/mol. The van der Waals surface area contributed by atoms with Crippen molar-refractivity contribution in [2.75, 3.05) is 26.6 Å². The lowest BCUT2D eigenvalue weighted by Gasteiger charge is -2.17. The molecule has 0 spiro atoms. The van der Waals surface area contributed by atoms with Gasteiger partial charge in [-0.1, -0.05) is 57.9 Å². The van der Waals surface area contributed by atoms with Crippen molar-refractivity contribution in [2.24, 2.45) is 0 Å².